The quantitative estimate of drug-likeness (QED) is 0.470. The Morgan fingerprint density at radius 1 is 1.11 bits per heavy atom. The fraction of sp³-hybridized carbons (Fsp3) is 0.333. The first-order valence-corrected chi connectivity index (χ1v) is 12.6. The predicted octanol–water partition coefficient (Wildman–Crippen LogP) is 3.76. The van der Waals surface area contributed by atoms with Crippen molar-refractivity contribution in [2.75, 3.05) is 18.8 Å². The number of nitrogens with zero attached hydrogens (tertiary/aromatic N) is 2. The van der Waals surface area contributed by atoms with E-state index in [1.807, 2.05) is 13.8 Å². The van der Waals surface area contributed by atoms with Crippen LogP contribution in [0.3, 0.4) is 0 Å². The van der Waals surface area contributed by atoms with Gasteiger partial charge < -0.3 is 11.1 Å². The van der Waals surface area contributed by atoms with Crippen LogP contribution in [0.2, 0.25) is 0 Å². The Morgan fingerprint density at radius 2 is 1.72 bits per heavy atom. The number of amides is 1. The topological polar surface area (TPSA) is 105 Å². The highest BCUT2D eigenvalue weighted by Crippen LogP contribution is 2.35. The SMILES string of the molecule is Cc1cc(N)cc(C)c1/C=C/S(=O)(=O)N1CCC2(CC1)N=C(c1ccc(F)c(C(F)(F)F)c1)NC2=O. The van der Waals surface area contributed by atoms with E-state index in [2.05, 4.69) is 10.3 Å². The van der Waals surface area contributed by atoms with Crippen molar-refractivity contribution in [3.05, 3.63) is 69.4 Å². The Labute approximate surface area is 205 Å². The van der Waals surface area contributed by atoms with Crippen LogP contribution in [0.4, 0.5) is 23.2 Å². The van der Waals surface area contributed by atoms with Gasteiger partial charge in [-0.1, -0.05) is 0 Å². The summed E-state index contributed by atoms with van der Waals surface area (Å²) in [5.74, 6) is -2.06. The van der Waals surface area contributed by atoms with Crippen LogP contribution < -0.4 is 11.1 Å². The third-order valence-electron chi connectivity index (χ3n) is 6.46. The molecule has 2 aromatic carbocycles. The fourth-order valence-corrected chi connectivity index (χ4v) is 5.68. The Morgan fingerprint density at radius 3 is 2.31 bits per heavy atom. The van der Waals surface area contributed by atoms with Crippen molar-refractivity contribution in [1.29, 1.82) is 0 Å². The number of piperidine rings is 1. The highest BCUT2D eigenvalue weighted by molar-refractivity contribution is 7.92. The maximum Gasteiger partial charge on any atom is 0.419 e. The lowest BCUT2D eigenvalue weighted by Crippen LogP contribution is -2.50. The minimum absolute atomic E-state index is 0.00616. The van der Waals surface area contributed by atoms with Gasteiger partial charge in [0.2, 0.25) is 10.0 Å². The molecule has 2 aliphatic rings. The van der Waals surface area contributed by atoms with Gasteiger partial charge in [-0.3, -0.25) is 9.79 Å². The molecule has 1 spiro atoms. The van der Waals surface area contributed by atoms with Gasteiger partial charge in [0.25, 0.3) is 5.91 Å². The minimum Gasteiger partial charge on any atom is -0.399 e. The zero-order valence-electron chi connectivity index (χ0n) is 19.5. The number of hydrogen-bond acceptors (Lipinski definition) is 5. The van der Waals surface area contributed by atoms with Gasteiger partial charge in [-0.05, 0) is 79.8 Å². The third-order valence-corrected chi connectivity index (χ3v) is 8.02. The van der Waals surface area contributed by atoms with Crippen LogP contribution in [0, 0.1) is 19.7 Å². The van der Waals surface area contributed by atoms with Crippen LogP contribution in [0.25, 0.3) is 6.08 Å². The number of rotatable bonds is 4. The molecule has 1 amide bonds. The monoisotopic (exact) mass is 524 g/mol. The smallest absolute Gasteiger partial charge is 0.399 e. The van der Waals surface area contributed by atoms with E-state index in [1.54, 1.807) is 12.1 Å². The van der Waals surface area contributed by atoms with E-state index in [0.29, 0.717) is 17.8 Å². The lowest BCUT2D eigenvalue weighted by atomic mass is 9.89. The lowest BCUT2D eigenvalue weighted by Gasteiger charge is -2.34. The van der Waals surface area contributed by atoms with E-state index in [9.17, 15) is 30.8 Å². The second-order valence-corrected chi connectivity index (χ2v) is 10.8. The van der Waals surface area contributed by atoms with E-state index in [-0.39, 0.29) is 37.3 Å². The van der Waals surface area contributed by atoms with E-state index >= 15 is 0 Å². The van der Waals surface area contributed by atoms with Crippen LogP contribution >= 0.6 is 0 Å². The third kappa shape index (κ3) is 4.87. The molecule has 1 saturated heterocycles. The fourth-order valence-electron chi connectivity index (χ4n) is 4.50. The molecule has 7 nitrogen and oxygen atoms in total. The number of aliphatic imine (C=N–C) groups is 1. The van der Waals surface area contributed by atoms with Crippen molar-refractivity contribution >= 4 is 33.5 Å². The molecule has 4 rings (SSSR count). The number of carbonyl (C=O) groups is 1. The lowest BCUT2D eigenvalue weighted by molar-refractivity contribution is -0.140. The van der Waals surface area contributed by atoms with Crippen molar-refractivity contribution in [2.45, 2.75) is 38.4 Å². The first-order valence-electron chi connectivity index (χ1n) is 11.1. The molecule has 0 atom stereocenters. The molecule has 192 valence electrons. The Balaban J connectivity index is 1.52. The van der Waals surface area contributed by atoms with Gasteiger partial charge in [0.15, 0.2) is 0 Å². The molecule has 2 heterocycles. The number of aryl methyl sites for hydroxylation is 2. The van der Waals surface area contributed by atoms with Gasteiger partial charge in [0, 0.05) is 29.7 Å². The van der Waals surface area contributed by atoms with Crippen molar-refractivity contribution in [1.82, 2.24) is 9.62 Å². The standard InChI is InChI=1S/C24H24F4N4O3S/c1-14-11-17(29)12-15(2)18(14)5-10-36(34,35)32-8-6-23(7-9-32)22(33)30-21(31-23)16-3-4-20(25)19(13-16)24(26,27)28/h3-5,10-13H,6-9,29H2,1-2H3,(H,30,31,33)/b10-5+. The number of sulfonamides is 1. The van der Waals surface area contributed by atoms with Crippen LogP contribution in [0.5, 0.6) is 0 Å². The largest absolute Gasteiger partial charge is 0.419 e. The Hall–Kier alpha value is -3.25. The van der Waals surface area contributed by atoms with Gasteiger partial charge in [-0.25, -0.2) is 12.8 Å². The summed E-state index contributed by atoms with van der Waals surface area (Å²) in [6.07, 6.45) is -3.31. The number of benzene rings is 2. The average Bonchev–Trinajstić information content (AvgIpc) is 3.08. The molecule has 0 aliphatic carbocycles. The van der Waals surface area contributed by atoms with E-state index in [1.165, 1.54) is 10.4 Å². The zero-order valence-corrected chi connectivity index (χ0v) is 20.3. The highest BCUT2D eigenvalue weighted by atomic mass is 32.2. The average molecular weight is 525 g/mol. The number of amidine groups is 1. The van der Waals surface area contributed by atoms with Crippen molar-refractivity contribution in [2.24, 2.45) is 4.99 Å². The number of nitrogens with one attached hydrogen (secondary N) is 1. The molecule has 2 aliphatic heterocycles. The first kappa shape index (κ1) is 25.8. The molecule has 36 heavy (non-hydrogen) atoms. The summed E-state index contributed by atoms with van der Waals surface area (Å²) in [5, 5.41) is 3.58. The van der Waals surface area contributed by atoms with Crippen molar-refractivity contribution in [3.8, 4) is 0 Å². The summed E-state index contributed by atoms with van der Waals surface area (Å²) >= 11 is 0. The van der Waals surface area contributed by atoms with Crippen LogP contribution in [0.15, 0.2) is 40.7 Å². The maximum atomic E-state index is 13.6. The van der Waals surface area contributed by atoms with E-state index < -0.39 is 39.0 Å². The molecule has 2 aromatic rings. The molecular weight excluding hydrogens is 500 g/mol. The molecule has 0 unspecified atom stereocenters. The summed E-state index contributed by atoms with van der Waals surface area (Å²) in [4.78, 5) is 17.1. The minimum atomic E-state index is -4.91. The summed E-state index contributed by atoms with van der Waals surface area (Å²) < 4.78 is 80.0. The molecule has 1 fully saturated rings. The van der Waals surface area contributed by atoms with Crippen LogP contribution in [-0.4, -0.2) is 43.1 Å². The molecular formula is C24H24F4N4O3S. The van der Waals surface area contributed by atoms with E-state index in [4.69, 9.17) is 5.73 Å². The normalized spacial score (nSPS) is 18.6. The predicted molar refractivity (Wildman–Crippen MR) is 128 cm³/mol. The summed E-state index contributed by atoms with van der Waals surface area (Å²) in [5.41, 5.74) is 5.95. The van der Waals surface area contributed by atoms with Gasteiger partial charge in [0.05, 0.1) is 5.56 Å². The van der Waals surface area contributed by atoms with E-state index in [0.717, 1.165) is 28.2 Å². The summed E-state index contributed by atoms with van der Waals surface area (Å²) in [6, 6.07) is 5.87. The number of nitrogen functional groups attached to an aromatic ring is 1. The summed E-state index contributed by atoms with van der Waals surface area (Å²) in [6.45, 7) is 3.64. The summed E-state index contributed by atoms with van der Waals surface area (Å²) in [7, 11) is -3.81. The zero-order chi connectivity index (χ0) is 26.5. The Bertz CT molecular complexity index is 1370. The van der Waals surface area contributed by atoms with Gasteiger partial charge in [-0.15, -0.1) is 0 Å². The molecule has 0 radical (unpaired) electrons. The highest BCUT2D eigenvalue weighted by Gasteiger charge is 2.47. The first-order chi connectivity index (χ1) is 16.7. The molecule has 0 bridgehead atoms. The van der Waals surface area contributed by atoms with Gasteiger partial charge in [0.1, 0.15) is 17.2 Å². The molecule has 3 N–H and O–H groups in total. The van der Waals surface area contributed by atoms with Crippen molar-refractivity contribution in [3.63, 3.8) is 0 Å². The number of nitrogens with two attached hydrogens (primary N) is 1. The van der Waals surface area contributed by atoms with Gasteiger partial charge in [-0.2, -0.15) is 17.5 Å². The van der Waals surface area contributed by atoms with Crippen LogP contribution in [0.1, 0.15) is 40.7 Å². The number of alkyl halides is 3. The Kier molecular flexibility index (Phi) is 6.46. The second kappa shape index (κ2) is 9.00. The molecule has 12 heteroatoms. The van der Waals surface area contributed by atoms with Gasteiger partial charge >= 0.3 is 6.18 Å². The number of anilines is 1. The van der Waals surface area contributed by atoms with Crippen LogP contribution in [-0.2, 0) is 21.0 Å². The molecule has 0 aromatic heterocycles. The number of halogens is 4. The van der Waals surface area contributed by atoms with Crippen molar-refractivity contribution < 1.29 is 30.8 Å². The number of carbonyl (C=O) groups excluding carboxylic acids is 1. The second-order valence-electron chi connectivity index (χ2n) is 8.95. The maximum absolute atomic E-state index is 13.6. The molecule has 0 saturated carbocycles. The number of hydrogen-bond donors (Lipinski definition) is 2.